The number of thiophene rings is 1. The van der Waals surface area contributed by atoms with Crippen LogP contribution in [-0.2, 0) is 15.0 Å². The van der Waals surface area contributed by atoms with Crippen molar-refractivity contribution in [2.45, 2.75) is 0 Å². The predicted molar refractivity (Wildman–Crippen MR) is 159 cm³/mol. The van der Waals surface area contributed by atoms with Crippen LogP contribution in [0.4, 0.5) is 23.0 Å². The zero-order valence-electron chi connectivity index (χ0n) is 22.1. The van der Waals surface area contributed by atoms with Crippen LogP contribution >= 0.6 is 11.3 Å². The summed E-state index contributed by atoms with van der Waals surface area (Å²) >= 11 is 1.48. The Bertz CT molecular complexity index is 1630. The highest BCUT2D eigenvalue weighted by Gasteiger charge is 2.28. The van der Waals surface area contributed by atoms with E-state index in [9.17, 15) is 13.2 Å². The molecule has 208 valence electrons. The number of aromatic nitrogens is 2. The number of carbonyl (C=O) groups is 1. The third kappa shape index (κ3) is 6.07. The molecule has 1 fully saturated rings. The molecule has 0 spiro atoms. The summed E-state index contributed by atoms with van der Waals surface area (Å²) in [5.41, 5.74) is 3.13. The van der Waals surface area contributed by atoms with Gasteiger partial charge in [0, 0.05) is 63.4 Å². The van der Waals surface area contributed by atoms with Gasteiger partial charge < -0.3 is 20.3 Å². The average Bonchev–Trinajstić information content (AvgIpc) is 3.43. The molecule has 1 aliphatic heterocycles. The third-order valence-electron chi connectivity index (χ3n) is 6.29. The average molecular weight is 580 g/mol. The number of benzene rings is 2. The number of amides is 1. The Hall–Kier alpha value is -4.04. The summed E-state index contributed by atoms with van der Waals surface area (Å²) in [6.45, 7) is 5.55. The molecule has 0 atom stereocenters. The summed E-state index contributed by atoms with van der Waals surface area (Å²) in [4.78, 5) is 23.1. The van der Waals surface area contributed by atoms with Crippen LogP contribution in [0.2, 0.25) is 0 Å². The number of nitrogens with one attached hydrogen (secondary N) is 2. The second-order valence-electron chi connectivity index (χ2n) is 9.16. The molecule has 1 saturated heterocycles. The van der Waals surface area contributed by atoms with Gasteiger partial charge in [0.15, 0.2) is 0 Å². The van der Waals surface area contributed by atoms with E-state index < -0.39 is 10.2 Å². The monoisotopic (exact) mass is 579 g/mol. The van der Waals surface area contributed by atoms with Crippen molar-refractivity contribution in [3.8, 4) is 11.6 Å². The van der Waals surface area contributed by atoms with Crippen LogP contribution in [0.5, 0.6) is 11.6 Å². The molecule has 4 aromatic rings. The van der Waals surface area contributed by atoms with Crippen molar-refractivity contribution in [2.24, 2.45) is 0 Å². The van der Waals surface area contributed by atoms with E-state index in [2.05, 4.69) is 32.1 Å². The van der Waals surface area contributed by atoms with E-state index in [-0.39, 0.29) is 5.91 Å². The van der Waals surface area contributed by atoms with Gasteiger partial charge in [0.05, 0.1) is 5.52 Å². The van der Waals surface area contributed by atoms with Gasteiger partial charge >= 0.3 is 0 Å². The highest BCUT2D eigenvalue weighted by Crippen LogP contribution is 2.34. The van der Waals surface area contributed by atoms with Gasteiger partial charge in [0.1, 0.15) is 10.4 Å². The maximum atomic E-state index is 12.4. The number of rotatable bonds is 9. The number of fused-ring (bicyclic) bond motifs is 1. The second kappa shape index (κ2) is 11.6. The Morgan fingerprint density at radius 1 is 1.05 bits per heavy atom. The molecule has 1 amide bonds. The Balaban J connectivity index is 1.29. The van der Waals surface area contributed by atoms with Crippen LogP contribution in [0.25, 0.3) is 10.2 Å². The molecule has 1 aliphatic rings. The van der Waals surface area contributed by atoms with Crippen molar-refractivity contribution in [1.82, 2.24) is 18.6 Å². The summed E-state index contributed by atoms with van der Waals surface area (Å²) in [6, 6.07) is 16.8. The van der Waals surface area contributed by atoms with Crippen molar-refractivity contribution in [3.05, 3.63) is 72.6 Å². The van der Waals surface area contributed by atoms with E-state index in [1.54, 1.807) is 38.4 Å². The highest BCUT2D eigenvalue weighted by atomic mass is 32.2. The minimum absolute atomic E-state index is 0.308. The molecular weight excluding hydrogens is 550 g/mol. The second-order valence-corrected chi connectivity index (χ2v) is 12.2. The predicted octanol–water partition coefficient (Wildman–Crippen LogP) is 4.28. The van der Waals surface area contributed by atoms with Crippen molar-refractivity contribution in [2.75, 3.05) is 55.8 Å². The SMILES string of the molecule is C=CC(=O)Nc1cccc(Oc2nc(Nc3ccc(N4CCN(S(=O)(=O)N(C)C)CC4)cc3)nc3ccsc23)c1. The van der Waals surface area contributed by atoms with Crippen molar-refractivity contribution < 1.29 is 17.9 Å². The van der Waals surface area contributed by atoms with E-state index in [0.29, 0.717) is 49.4 Å². The lowest BCUT2D eigenvalue weighted by molar-refractivity contribution is -0.111. The summed E-state index contributed by atoms with van der Waals surface area (Å²) in [5.74, 6) is 0.991. The first-order valence-electron chi connectivity index (χ1n) is 12.5. The Labute approximate surface area is 236 Å². The topological polar surface area (TPSA) is 120 Å². The van der Waals surface area contributed by atoms with Gasteiger partial charge in [0.25, 0.3) is 10.2 Å². The maximum Gasteiger partial charge on any atom is 0.281 e. The summed E-state index contributed by atoms with van der Waals surface area (Å²) in [7, 11) is -0.308. The molecular formula is C27H29N7O4S2. The molecule has 0 bridgehead atoms. The minimum Gasteiger partial charge on any atom is -0.437 e. The summed E-state index contributed by atoms with van der Waals surface area (Å²) in [5, 5.41) is 7.90. The first kappa shape index (κ1) is 27.5. The lowest BCUT2D eigenvalue weighted by Gasteiger charge is -2.36. The molecule has 2 aromatic heterocycles. The van der Waals surface area contributed by atoms with Gasteiger partial charge in [-0.1, -0.05) is 12.6 Å². The molecule has 13 heteroatoms. The fourth-order valence-corrected chi connectivity index (χ4v) is 6.04. The van der Waals surface area contributed by atoms with Crippen molar-refractivity contribution in [1.29, 1.82) is 0 Å². The maximum absolute atomic E-state index is 12.4. The van der Waals surface area contributed by atoms with E-state index in [0.717, 1.165) is 21.6 Å². The fourth-order valence-electron chi connectivity index (χ4n) is 4.20. The zero-order chi connectivity index (χ0) is 28.3. The molecule has 40 heavy (non-hydrogen) atoms. The number of nitrogens with zero attached hydrogens (tertiary/aromatic N) is 5. The molecule has 0 aliphatic carbocycles. The van der Waals surface area contributed by atoms with Gasteiger partial charge in [-0.05, 0) is 53.9 Å². The van der Waals surface area contributed by atoms with Gasteiger partial charge in [-0.25, -0.2) is 4.98 Å². The summed E-state index contributed by atoms with van der Waals surface area (Å²) in [6.07, 6.45) is 1.20. The van der Waals surface area contributed by atoms with E-state index in [1.165, 1.54) is 26.0 Å². The Morgan fingerprint density at radius 2 is 1.80 bits per heavy atom. The van der Waals surface area contributed by atoms with Gasteiger partial charge in [0.2, 0.25) is 17.7 Å². The number of anilines is 4. The smallest absolute Gasteiger partial charge is 0.281 e. The van der Waals surface area contributed by atoms with E-state index in [1.807, 2.05) is 35.7 Å². The molecule has 0 saturated carbocycles. The summed E-state index contributed by atoms with van der Waals surface area (Å²) < 4.78 is 34.4. The molecule has 2 aromatic carbocycles. The number of piperazine rings is 1. The third-order valence-corrected chi connectivity index (χ3v) is 9.12. The fraction of sp³-hybridized carbons (Fsp3) is 0.222. The quantitative estimate of drug-likeness (QED) is 0.282. The molecule has 5 rings (SSSR count). The minimum atomic E-state index is -3.40. The Morgan fingerprint density at radius 3 is 2.50 bits per heavy atom. The number of hydrogen-bond donors (Lipinski definition) is 2. The van der Waals surface area contributed by atoms with Crippen LogP contribution in [0.15, 0.2) is 72.6 Å². The number of ether oxygens (including phenoxy) is 1. The van der Waals surface area contributed by atoms with E-state index in [4.69, 9.17) is 4.74 Å². The molecule has 3 heterocycles. The van der Waals surface area contributed by atoms with Crippen LogP contribution < -0.4 is 20.3 Å². The zero-order valence-corrected chi connectivity index (χ0v) is 23.7. The molecule has 0 radical (unpaired) electrons. The van der Waals surface area contributed by atoms with Crippen LogP contribution in [-0.4, -0.2) is 73.2 Å². The molecule has 2 N–H and O–H groups in total. The van der Waals surface area contributed by atoms with Crippen molar-refractivity contribution in [3.63, 3.8) is 0 Å². The largest absolute Gasteiger partial charge is 0.437 e. The number of hydrogen-bond acceptors (Lipinski definition) is 9. The normalized spacial score (nSPS) is 14.3. The first-order chi connectivity index (χ1) is 19.2. The first-order valence-corrected chi connectivity index (χ1v) is 14.8. The van der Waals surface area contributed by atoms with Crippen LogP contribution in [0.3, 0.4) is 0 Å². The van der Waals surface area contributed by atoms with Crippen LogP contribution in [0, 0.1) is 0 Å². The standard InChI is InChI=1S/C27H29N7O4S2/c1-4-24(35)28-20-6-5-7-22(18-20)38-26-25-23(12-17-39-25)30-27(31-26)29-19-8-10-21(11-9-19)33-13-15-34(16-14-33)40(36,37)32(2)3/h4-12,17-18H,1,13-16H2,2-3H3,(H,28,35)(H,29,30,31). The van der Waals surface area contributed by atoms with Crippen molar-refractivity contribution >= 4 is 60.7 Å². The van der Waals surface area contributed by atoms with Gasteiger partial charge in [-0.15, -0.1) is 11.3 Å². The lowest BCUT2D eigenvalue weighted by atomic mass is 10.2. The molecule has 0 unspecified atom stereocenters. The molecule has 11 nitrogen and oxygen atoms in total. The van der Waals surface area contributed by atoms with Crippen LogP contribution in [0.1, 0.15) is 0 Å². The Kier molecular flexibility index (Phi) is 7.98. The number of carbonyl (C=O) groups excluding carboxylic acids is 1. The van der Waals surface area contributed by atoms with Gasteiger partial charge in [-0.2, -0.15) is 22.0 Å². The van der Waals surface area contributed by atoms with E-state index >= 15 is 0 Å². The van der Waals surface area contributed by atoms with Gasteiger partial charge in [-0.3, -0.25) is 4.79 Å². The highest BCUT2D eigenvalue weighted by molar-refractivity contribution is 7.86. The lowest BCUT2D eigenvalue weighted by Crippen LogP contribution is -2.51.